The molecule has 3 heterocycles. The topological polar surface area (TPSA) is 143 Å². The third-order valence-electron chi connectivity index (χ3n) is 4.47. The van der Waals surface area contributed by atoms with Crippen LogP contribution in [0, 0.1) is 6.92 Å². The SMILES string of the molecule is Cc1ncc(Cl)cc1[C@@H](C)N(C(=O)O)c1c(-c2ccc(NS(C)(=O)=O)cn2)nnn1C. The maximum atomic E-state index is 12.3. The Hall–Kier alpha value is -3.25. The number of aromatic nitrogens is 5. The summed E-state index contributed by atoms with van der Waals surface area (Å²) in [6.07, 6.45) is 2.61. The lowest BCUT2D eigenvalue weighted by molar-refractivity contribution is 0.199. The van der Waals surface area contributed by atoms with E-state index >= 15 is 0 Å². The Morgan fingerprint density at radius 2 is 2.00 bits per heavy atom. The average Bonchev–Trinajstić information content (AvgIpc) is 3.04. The van der Waals surface area contributed by atoms with Gasteiger partial charge >= 0.3 is 6.09 Å². The van der Waals surface area contributed by atoms with E-state index in [1.807, 2.05) is 0 Å². The van der Waals surface area contributed by atoms with E-state index in [4.69, 9.17) is 11.6 Å². The number of hydrogen-bond donors (Lipinski definition) is 2. The summed E-state index contributed by atoms with van der Waals surface area (Å²) >= 11 is 6.07. The molecule has 0 aliphatic heterocycles. The lowest BCUT2D eigenvalue weighted by Crippen LogP contribution is -2.34. The summed E-state index contributed by atoms with van der Waals surface area (Å²) in [4.78, 5) is 21.8. The van der Waals surface area contributed by atoms with E-state index in [0.717, 1.165) is 11.2 Å². The first kappa shape index (κ1) is 22.4. The molecule has 0 radical (unpaired) electrons. The molecule has 0 aliphatic rings. The smallest absolute Gasteiger partial charge is 0.413 e. The highest BCUT2D eigenvalue weighted by Crippen LogP contribution is 2.34. The molecular formula is C18H20ClN7O4S. The van der Waals surface area contributed by atoms with E-state index in [9.17, 15) is 18.3 Å². The zero-order valence-electron chi connectivity index (χ0n) is 17.1. The van der Waals surface area contributed by atoms with Crippen molar-refractivity contribution < 1.29 is 18.3 Å². The Morgan fingerprint density at radius 1 is 1.29 bits per heavy atom. The first-order chi connectivity index (χ1) is 14.5. The molecule has 0 unspecified atom stereocenters. The van der Waals surface area contributed by atoms with E-state index in [1.165, 1.54) is 29.2 Å². The molecular weight excluding hydrogens is 446 g/mol. The van der Waals surface area contributed by atoms with Gasteiger partial charge in [0.05, 0.1) is 34.9 Å². The number of rotatable bonds is 6. The number of anilines is 2. The predicted molar refractivity (Wildman–Crippen MR) is 116 cm³/mol. The first-order valence-corrected chi connectivity index (χ1v) is 11.2. The maximum Gasteiger partial charge on any atom is 0.413 e. The largest absolute Gasteiger partial charge is 0.465 e. The third-order valence-corrected chi connectivity index (χ3v) is 5.28. The van der Waals surface area contributed by atoms with Crippen LogP contribution in [0.1, 0.15) is 24.2 Å². The minimum atomic E-state index is -3.46. The van der Waals surface area contributed by atoms with Gasteiger partial charge in [0.25, 0.3) is 0 Å². The van der Waals surface area contributed by atoms with Crippen LogP contribution in [0.25, 0.3) is 11.4 Å². The summed E-state index contributed by atoms with van der Waals surface area (Å²) in [5.74, 6) is 0.190. The van der Waals surface area contributed by atoms with Crippen LogP contribution in [0.4, 0.5) is 16.3 Å². The highest BCUT2D eigenvalue weighted by atomic mass is 35.5. The Morgan fingerprint density at radius 3 is 2.58 bits per heavy atom. The maximum absolute atomic E-state index is 12.3. The molecule has 0 saturated carbocycles. The number of nitrogens with one attached hydrogen (secondary N) is 1. The summed E-state index contributed by atoms with van der Waals surface area (Å²) in [6, 6.07) is 4.03. The number of nitrogens with zero attached hydrogens (tertiary/aromatic N) is 6. The fraction of sp³-hybridized carbons (Fsp3) is 0.278. The van der Waals surface area contributed by atoms with E-state index < -0.39 is 22.2 Å². The van der Waals surface area contributed by atoms with Crippen molar-refractivity contribution in [1.82, 2.24) is 25.0 Å². The summed E-state index contributed by atoms with van der Waals surface area (Å²) in [7, 11) is -1.89. The van der Waals surface area contributed by atoms with Crippen molar-refractivity contribution in [2.75, 3.05) is 15.9 Å². The van der Waals surface area contributed by atoms with E-state index in [0.29, 0.717) is 22.0 Å². The fourth-order valence-electron chi connectivity index (χ4n) is 3.12. The minimum absolute atomic E-state index is 0.190. The predicted octanol–water partition coefficient (Wildman–Crippen LogP) is 2.85. The average molecular weight is 466 g/mol. The zero-order chi connectivity index (χ0) is 22.9. The van der Waals surface area contributed by atoms with Crippen LogP contribution in [0.5, 0.6) is 0 Å². The van der Waals surface area contributed by atoms with Crippen molar-refractivity contribution >= 4 is 39.2 Å². The molecule has 1 amide bonds. The third kappa shape index (κ3) is 4.91. The van der Waals surface area contributed by atoms with Gasteiger partial charge in [0, 0.05) is 18.9 Å². The van der Waals surface area contributed by atoms with Gasteiger partial charge in [-0.25, -0.2) is 17.9 Å². The van der Waals surface area contributed by atoms with Gasteiger partial charge in [-0.05, 0) is 37.6 Å². The molecule has 1 atom stereocenters. The number of amides is 1. The molecule has 31 heavy (non-hydrogen) atoms. The Kier molecular flexibility index (Phi) is 6.13. The van der Waals surface area contributed by atoms with Gasteiger partial charge in [0.15, 0.2) is 11.5 Å². The highest BCUT2D eigenvalue weighted by molar-refractivity contribution is 7.92. The van der Waals surface area contributed by atoms with Gasteiger partial charge in [0.1, 0.15) is 0 Å². The van der Waals surface area contributed by atoms with Crippen molar-refractivity contribution in [1.29, 1.82) is 0 Å². The van der Waals surface area contributed by atoms with Crippen molar-refractivity contribution in [3.63, 3.8) is 0 Å². The molecule has 0 aliphatic carbocycles. The van der Waals surface area contributed by atoms with Gasteiger partial charge in [-0.1, -0.05) is 16.8 Å². The number of aryl methyl sites for hydroxylation is 2. The van der Waals surface area contributed by atoms with Crippen LogP contribution in [-0.2, 0) is 17.1 Å². The molecule has 0 saturated heterocycles. The molecule has 0 fully saturated rings. The molecule has 0 spiro atoms. The van der Waals surface area contributed by atoms with Crippen LogP contribution in [0.2, 0.25) is 5.02 Å². The van der Waals surface area contributed by atoms with Crippen molar-refractivity contribution in [2.24, 2.45) is 7.05 Å². The van der Waals surface area contributed by atoms with Crippen LogP contribution in [-0.4, -0.2) is 50.8 Å². The van der Waals surface area contributed by atoms with Crippen molar-refractivity contribution in [2.45, 2.75) is 19.9 Å². The second kappa shape index (κ2) is 8.47. The Balaban J connectivity index is 2.06. The van der Waals surface area contributed by atoms with E-state index in [2.05, 4.69) is 25.0 Å². The van der Waals surface area contributed by atoms with E-state index in [1.54, 1.807) is 27.0 Å². The Labute approximate surface area is 183 Å². The summed E-state index contributed by atoms with van der Waals surface area (Å²) in [6.45, 7) is 3.47. The van der Waals surface area contributed by atoms with Crippen LogP contribution in [0.3, 0.4) is 0 Å². The molecule has 13 heteroatoms. The monoisotopic (exact) mass is 465 g/mol. The van der Waals surface area contributed by atoms with Gasteiger partial charge in [0.2, 0.25) is 10.0 Å². The molecule has 3 aromatic heterocycles. The molecule has 0 aromatic carbocycles. The summed E-state index contributed by atoms with van der Waals surface area (Å²) < 4.78 is 26.4. The standard InChI is InChI=1S/C18H20ClN7O4S/c1-10-14(7-12(19)8-20-10)11(2)26(18(27)28)17-16(22-24-25(17)3)15-6-5-13(9-21-15)23-31(4,29)30/h5-9,11,23H,1-4H3,(H,27,28)/t11-/m1/s1. The quantitative estimate of drug-likeness (QED) is 0.565. The minimum Gasteiger partial charge on any atom is -0.465 e. The van der Waals surface area contributed by atoms with Crippen LogP contribution >= 0.6 is 11.6 Å². The first-order valence-electron chi connectivity index (χ1n) is 8.96. The Bertz CT molecular complexity index is 1230. The van der Waals surface area contributed by atoms with Gasteiger partial charge in [-0.15, -0.1) is 5.10 Å². The molecule has 11 nitrogen and oxygen atoms in total. The summed E-state index contributed by atoms with van der Waals surface area (Å²) in [5.41, 5.74) is 2.06. The lowest BCUT2D eigenvalue weighted by atomic mass is 10.1. The molecule has 3 aromatic rings. The number of carbonyl (C=O) groups is 1. The van der Waals surface area contributed by atoms with Gasteiger partial charge in [-0.3, -0.25) is 19.6 Å². The summed E-state index contributed by atoms with van der Waals surface area (Å²) in [5, 5.41) is 18.4. The molecule has 0 bridgehead atoms. The normalized spacial score (nSPS) is 12.4. The zero-order valence-corrected chi connectivity index (χ0v) is 18.7. The van der Waals surface area contributed by atoms with Crippen molar-refractivity contribution in [3.05, 3.63) is 46.9 Å². The highest BCUT2D eigenvalue weighted by Gasteiger charge is 2.31. The number of carboxylic acid groups (broad SMARTS) is 1. The molecule has 3 rings (SSSR count). The second-order valence-corrected chi connectivity index (χ2v) is 9.03. The molecule has 2 N–H and O–H groups in total. The number of sulfonamides is 1. The van der Waals surface area contributed by atoms with E-state index in [-0.39, 0.29) is 17.2 Å². The van der Waals surface area contributed by atoms with Gasteiger partial charge < -0.3 is 5.11 Å². The van der Waals surface area contributed by atoms with Crippen LogP contribution < -0.4 is 9.62 Å². The van der Waals surface area contributed by atoms with Gasteiger partial charge in [-0.2, -0.15) is 0 Å². The van der Waals surface area contributed by atoms with Crippen LogP contribution in [0.15, 0.2) is 30.6 Å². The lowest BCUT2D eigenvalue weighted by Gasteiger charge is -2.27. The number of halogens is 1. The second-order valence-electron chi connectivity index (χ2n) is 6.85. The number of hydrogen-bond acceptors (Lipinski definition) is 7. The van der Waals surface area contributed by atoms with Crippen molar-refractivity contribution in [3.8, 4) is 11.4 Å². The number of pyridine rings is 2. The fourth-order valence-corrected chi connectivity index (χ4v) is 3.84. The molecule has 164 valence electrons.